The van der Waals surface area contributed by atoms with Gasteiger partial charge in [0.05, 0.1) is 17.4 Å². The lowest BCUT2D eigenvalue weighted by Gasteiger charge is -2.26. The van der Waals surface area contributed by atoms with E-state index in [1.807, 2.05) is 25.6 Å². The molecule has 0 saturated heterocycles. The van der Waals surface area contributed by atoms with Gasteiger partial charge in [0.1, 0.15) is 7.05 Å². The molecule has 0 saturated carbocycles. The highest BCUT2D eigenvalue weighted by Gasteiger charge is 2.33. The molecule has 0 aliphatic carbocycles. The van der Waals surface area contributed by atoms with Gasteiger partial charge in [0, 0.05) is 35.1 Å². The van der Waals surface area contributed by atoms with Crippen molar-refractivity contribution >= 4 is 44.1 Å². The molecule has 0 unspecified atom stereocenters. The normalized spacial score (nSPS) is 12.9. The van der Waals surface area contributed by atoms with Gasteiger partial charge in [-0.2, -0.15) is 0 Å². The minimum absolute atomic E-state index is 0.429. The van der Waals surface area contributed by atoms with Gasteiger partial charge in [-0.15, -0.1) is 0 Å². The zero-order chi connectivity index (χ0) is 26.1. The lowest BCUT2D eigenvalue weighted by molar-refractivity contribution is -0.659. The van der Waals surface area contributed by atoms with E-state index in [1.165, 1.54) is 70.1 Å². The van der Waals surface area contributed by atoms with Crippen molar-refractivity contribution in [3.05, 3.63) is 88.9 Å². The molecule has 1 aliphatic rings. The summed E-state index contributed by atoms with van der Waals surface area (Å²) < 4.78 is 2.32. The number of aromatic nitrogens is 1. The fourth-order valence-corrected chi connectivity index (χ4v) is 7.58. The first-order valence-electron chi connectivity index (χ1n) is 13.2. The highest BCUT2D eigenvalue weighted by molar-refractivity contribution is 8.00. The second-order valence-corrected chi connectivity index (χ2v) is 12.7. The van der Waals surface area contributed by atoms with Crippen LogP contribution in [0.3, 0.4) is 0 Å². The molecule has 184 valence electrons. The lowest BCUT2D eigenvalue weighted by Crippen LogP contribution is -2.32. The first-order valence-corrected chi connectivity index (χ1v) is 14.0. The Kier molecular flexibility index (Phi) is 5.58. The van der Waals surface area contributed by atoms with E-state index >= 15 is 0 Å². The highest BCUT2D eigenvalue weighted by Crippen LogP contribution is 2.53. The number of benzene rings is 4. The second-order valence-electron chi connectivity index (χ2n) is 11.6. The maximum absolute atomic E-state index is 7.72. The van der Waals surface area contributed by atoms with Crippen LogP contribution in [0, 0.1) is 19.4 Å². The molecule has 0 radical (unpaired) electrons. The van der Waals surface area contributed by atoms with Gasteiger partial charge < -0.3 is 4.85 Å². The Morgan fingerprint density at radius 3 is 2.46 bits per heavy atom. The summed E-state index contributed by atoms with van der Waals surface area (Å²) >= 11 is 1.96. The van der Waals surface area contributed by atoms with Crippen molar-refractivity contribution in [3.63, 3.8) is 0 Å². The zero-order valence-electron chi connectivity index (χ0n) is 22.6. The van der Waals surface area contributed by atoms with Crippen molar-refractivity contribution < 1.29 is 4.57 Å². The van der Waals surface area contributed by atoms with Gasteiger partial charge in [-0.25, -0.2) is 11.1 Å². The number of fused-ring (bicyclic) bond motifs is 5. The molecule has 0 N–H and O–H groups in total. The predicted molar refractivity (Wildman–Crippen MR) is 157 cm³/mol. The van der Waals surface area contributed by atoms with Crippen molar-refractivity contribution in [2.24, 2.45) is 13.0 Å². The maximum atomic E-state index is 7.72. The van der Waals surface area contributed by atoms with Crippen molar-refractivity contribution in [1.82, 2.24) is 0 Å². The largest absolute Gasteiger partial charge is 0.311 e. The van der Waals surface area contributed by atoms with Crippen LogP contribution in [0.25, 0.3) is 48.4 Å². The molecule has 1 aliphatic heterocycles. The highest BCUT2D eigenvalue weighted by atomic mass is 32.2. The molecule has 2 heterocycles. The molecular weight excluding hydrogens is 468 g/mol. The summed E-state index contributed by atoms with van der Waals surface area (Å²) in [5, 5.41) is 7.95. The number of aryl methyl sites for hydroxylation is 2. The van der Waals surface area contributed by atoms with Crippen LogP contribution >= 0.6 is 11.8 Å². The molecule has 3 heteroatoms. The second kappa shape index (κ2) is 8.61. The van der Waals surface area contributed by atoms with Gasteiger partial charge in [0.25, 0.3) is 0 Å². The van der Waals surface area contributed by atoms with E-state index < -0.39 is 5.54 Å². The van der Waals surface area contributed by atoms with E-state index in [-0.39, 0.29) is 0 Å². The minimum atomic E-state index is -0.429. The number of nitrogens with zero attached hydrogens (tertiary/aromatic N) is 2. The lowest BCUT2D eigenvalue weighted by atomic mass is 9.86. The van der Waals surface area contributed by atoms with Crippen molar-refractivity contribution in [3.8, 4) is 11.3 Å². The average Bonchev–Trinajstić information content (AvgIpc) is 2.87. The van der Waals surface area contributed by atoms with Crippen LogP contribution in [0.4, 0.5) is 0 Å². The van der Waals surface area contributed by atoms with E-state index in [0.717, 1.165) is 12.8 Å². The average molecular weight is 502 g/mol. The third-order valence-corrected chi connectivity index (χ3v) is 9.02. The van der Waals surface area contributed by atoms with Crippen molar-refractivity contribution in [2.75, 3.05) is 0 Å². The van der Waals surface area contributed by atoms with Crippen LogP contribution in [0.2, 0.25) is 0 Å². The summed E-state index contributed by atoms with van der Waals surface area (Å²) in [4.78, 5) is 6.68. The van der Waals surface area contributed by atoms with E-state index in [2.05, 4.69) is 98.0 Å². The summed E-state index contributed by atoms with van der Waals surface area (Å²) in [6, 6.07) is 20.2. The first kappa shape index (κ1) is 24.0. The fourth-order valence-electron chi connectivity index (χ4n) is 6.19. The molecule has 37 heavy (non-hydrogen) atoms. The summed E-state index contributed by atoms with van der Waals surface area (Å²) in [6.45, 7) is 18.7. The Morgan fingerprint density at radius 1 is 0.973 bits per heavy atom. The molecule has 1 aromatic heterocycles. The topological polar surface area (TPSA) is 8.24 Å². The predicted octanol–water partition coefficient (Wildman–Crippen LogP) is 8.85. The quantitative estimate of drug-likeness (QED) is 0.133. The van der Waals surface area contributed by atoms with E-state index in [1.54, 1.807) is 0 Å². The molecule has 0 atom stereocenters. The van der Waals surface area contributed by atoms with Gasteiger partial charge in [-0.3, -0.25) is 0 Å². The molecular formula is C34H33N2S+. The Morgan fingerprint density at radius 2 is 1.73 bits per heavy atom. The van der Waals surface area contributed by atoms with Gasteiger partial charge >= 0.3 is 0 Å². The van der Waals surface area contributed by atoms with Crippen molar-refractivity contribution in [1.29, 1.82) is 0 Å². The summed E-state index contributed by atoms with van der Waals surface area (Å²) in [6.07, 6.45) is 4.04. The number of pyridine rings is 1. The summed E-state index contributed by atoms with van der Waals surface area (Å²) in [7, 11) is 2.19. The third-order valence-electron chi connectivity index (χ3n) is 7.83. The SMILES string of the molecule is [C-]#[N+]C(C)(C)Cc1cccc2cc3c4c([n+](C)ccc4c12)-c1c(c(CC(C)C)c2ccccc2c1C)S3. The number of hydrogen-bond acceptors (Lipinski definition) is 1. The third kappa shape index (κ3) is 3.73. The Bertz CT molecular complexity index is 1790. The van der Waals surface area contributed by atoms with Crippen LogP contribution < -0.4 is 4.57 Å². The zero-order valence-corrected chi connectivity index (χ0v) is 23.4. The van der Waals surface area contributed by atoms with E-state index in [4.69, 9.17) is 6.57 Å². The summed E-state index contributed by atoms with van der Waals surface area (Å²) in [5.41, 5.74) is 6.37. The molecule has 0 bridgehead atoms. The van der Waals surface area contributed by atoms with Gasteiger partial charge in [0.15, 0.2) is 6.20 Å². The van der Waals surface area contributed by atoms with Gasteiger partial charge in [0.2, 0.25) is 11.2 Å². The molecule has 2 nitrogen and oxygen atoms in total. The molecule has 4 aromatic carbocycles. The van der Waals surface area contributed by atoms with Crippen LogP contribution in [-0.4, -0.2) is 5.54 Å². The monoisotopic (exact) mass is 501 g/mol. The molecule has 0 spiro atoms. The molecule has 0 amide bonds. The van der Waals surface area contributed by atoms with Gasteiger partial charge in [-0.05, 0) is 63.6 Å². The molecule has 0 fully saturated rings. The first-order chi connectivity index (χ1) is 17.7. The molecule has 5 aromatic rings. The fraction of sp³-hybridized carbons (Fsp3) is 0.294. The minimum Gasteiger partial charge on any atom is -0.311 e. The van der Waals surface area contributed by atoms with Crippen molar-refractivity contribution in [2.45, 2.75) is 62.8 Å². The Labute approximate surface area is 224 Å². The van der Waals surface area contributed by atoms with E-state index in [0.29, 0.717) is 5.92 Å². The van der Waals surface area contributed by atoms with Gasteiger partial charge in [-0.1, -0.05) is 68.1 Å². The van der Waals surface area contributed by atoms with E-state index in [9.17, 15) is 0 Å². The van der Waals surface area contributed by atoms with Crippen LogP contribution in [0.15, 0.2) is 70.6 Å². The number of rotatable bonds is 4. The Balaban J connectivity index is 1.76. The smallest absolute Gasteiger partial charge is 0.231 e. The molecule has 6 rings (SSSR count). The van der Waals surface area contributed by atoms with Crippen LogP contribution in [0.5, 0.6) is 0 Å². The maximum Gasteiger partial charge on any atom is 0.231 e. The van der Waals surface area contributed by atoms with Crippen LogP contribution in [-0.2, 0) is 19.9 Å². The standard InChI is InChI=1S/C34H33N2S/c1-20(2)17-27-25-14-9-8-13-24(25)21(3)29-32-31-26(15-16-36(32)7)30-22(18-28(31)37-33(27)29)11-10-12-23(30)19-34(4,5)35-6/h8-16,18,20H,17,19H2,1-5,7H3/q+1. The van der Waals surface area contributed by atoms with Crippen LogP contribution in [0.1, 0.15) is 44.4 Å². The Hall–Kier alpha value is -3.35. The summed E-state index contributed by atoms with van der Waals surface area (Å²) in [5.74, 6) is 0.576. The number of hydrogen-bond donors (Lipinski definition) is 0.